The van der Waals surface area contributed by atoms with E-state index in [4.69, 9.17) is 9.47 Å². The Morgan fingerprint density at radius 1 is 1.10 bits per heavy atom. The Kier molecular flexibility index (Phi) is 6.74. The van der Waals surface area contributed by atoms with Gasteiger partial charge in [0.15, 0.2) is 5.60 Å². The minimum Gasteiger partial charge on any atom is -0.493 e. The third-order valence-corrected chi connectivity index (χ3v) is 6.86. The fraction of sp³-hybridized carbons (Fsp3) is 0.583. The molecular weight excluding hydrogens is 475 g/mol. The number of benzene rings is 1. The number of unbranched alkanes of at least 4 members (excludes halogenated alkanes) is 2. The number of rotatable bonds is 7. The number of nitrogens with zero attached hydrogens (tertiary/aromatic N) is 2. The lowest BCUT2D eigenvalue weighted by atomic mass is 9.87. The first kappa shape index (κ1) is 21.0. The van der Waals surface area contributed by atoms with Gasteiger partial charge in [-0.1, -0.05) is 26.7 Å². The summed E-state index contributed by atoms with van der Waals surface area (Å²) in [7, 11) is 0. The fourth-order valence-corrected chi connectivity index (χ4v) is 5.13. The van der Waals surface area contributed by atoms with Gasteiger partial charge in [-0.2, -0.15) is 0 Å². The molecule has 4 nitrogen and oxygen atoms in total. The summed E-state index contributed by atoms with van der Waals surface area (Å²) >= 11 is 2.43. The van der Waals surface area contributed by atoms with Crippen LogP contribution in [0.25, 0.3) is 0 Å². The second kappa shape index (κ2) is 9.29. The van der Waals surface area contributed by atoms with Gasteiger partial charge in [0.2, 0.25) is 0 Å². The number of likely N-dealkylation sites (tertiary alicyclic amines) is 1. The SMILES string of the molecule is CCCCOc1ccc2c(c1)OC1(CCN(CCCC)CC1)c1cc(I)cn1C2. The normalized spacial score (nSPS) is 18.0. The standard InChI is InChI=1S/C24H33IN2O2/c1-3-5-11-26-12-9-24(10-13-26)23-15-20(25)18-27(23)17-19-7-8-21(16-22(19)29-24)28-14-6-4-2/h7-8,15-16,18H,3-6,9-14,17H2,1-2H3. The maximum absolute atomic E-state index is 6.89. The largest absolute Gasteiger partial charge is 0.493 e. The van der Waals surface area contributed by atoms with Crippen molar-refractivity contribution < 1.29 is 9.47 Å². The molecule has 2 aliphatic rings. The van der Waals surface area contributed by atoms with Gasteiger partial charge in [-0.05, 0) is 60.2 Å². The Bertz CT molecular complexity index is 824. The summed E-state index contributed by atoms with van der Waals surface area (Å²) in [6, 6.07) is 8.72. The number of fused-ring (bicyclic) bond motifs is 3. The van der Waals surface area contributed by atoms with E-state index in [2.05, 4.69) is 76.4 Å². The highest BCUT2D eigenvalue weighted by atomic mass is 127. The highest BCUT2D eigenvalue weighted by Gasteiger charge is 2.42. The number of aromatic nitrogens is 1. The van der Waals surface area contributed by atoms with Crippen LogP contribution in [0.4, 0.5) is 0 Å². The number of piperidine rings is 1. The second-order valence-electron chi connectivity index (χ2n) is 8.43. The zero-order chi connectivity index (χ0) is 20.3. The van der Waals surface area contributed by atoms with Gasteiger partial charge in [0.1, 0.15) is 11.5 Å². The van der Waals surface area contributed by atoms with Gasteiger partial charge < -0.3 is 18.9 Å². The molecule has 5 heteroatoms. The molecule has 0 amide bonds. The van der Waals surface area contributed by atoms with Crippen LogP contribution in [0.15, 0.2) is 30.5 Å². The lowest BCUT2D eigenvalue weighted by molar-refractivity contribution is -0.00637. The van der Waals surface area contributed by atoms with Crippen LogP contribution in [0.1, 0.15) is 63.6 Å². The first-order chi connectivity index (χ1) is 14.1. The van der Waals surface area contributed by atoms with Gasteiger partial charge in [-0.15, -0.1) is 0 Å². The summed E-state index contributed by atoms with van der Waals surface area (Å²) in [6.45, 7) is 9.50. The molecule has 2 aliphatic heterocycles. The van der Waals surface area contributed by atoms with Crippen LogP contribution in [0.2, 0.25) is 0 Å². The van der Waals surface area contributed by atoms with Crippen molar-refractivity contribution >= 4 is 22.6 Å². The molecule has 4 rings (SSSR count). The Balaban J connectivity index is 1.61. The number of halogens is 1. The molecule has 0 aliphatic carbocycles. The van der Waals surface area contributed by atoms with Gasteiger partial charge >= 0.3 is 0 Å². The molecule has 0 unspecified atom stereocenters. The highest BCUT2D eigenvalue weighted by molar-refractivity contribution is 14.1. The van der Waals surface area contributed by atoms with Crippen molar-refractivity contribution in [3.8, 4) is 11.5 Å². The zero-order valence-corrected chi connectivity index (χ0v) is 19.9. The molecule has 2 aromatic rings. The van der Waals surface area contributed by atoms with Crippen molar-refractivity contribution in [2.24, 2.45) is 0 Å². The van der Waals surface area contributed by atoms with Crippen molar-refractivity contribution in [1.82, 2.24) is 9.47 Å². The van der Waals surface area contributed by atoms with E-state index in [9.17, 15) is 0 Å². The highest BCUT2D eigenvalue weighted by Crippen LogP contribution is 2.43. The number of hydrogen-bond acceptors (Lipinski definition) is 3. The van der Waals surface area contributed by atoms with E-state index in [0.717, 1.165) is 63.4 Å². The Hall–Kier alpha value is -1.21. The summed E-state index contributed by atoms with van der Waals surface area (Å²) in [6.07, 6.45) is 9.11. The molecule has 1 aromatic heterocycles. The van der Waals surface area contributed by atoms with Gasteiger partial charge in [0.25, 0.3) is 0 Å². The molecule has 0 N–H and O–H groups in total. The quantitative estimate of drug-likeness (QED) is 0.349. The molecule has 1 saturated heterocycles. The van der Waals surface area contributed by atoms with E-state index in [1.807, 2.05) is 0 Å². The topological polar surface area (TPSA) is 26.6 Å². The zero-order valence-electron chi connectivity index (χ0n) is 17.8. The van der Waals surface area contributed by atoms with E-state index in [1.54, 1.807) is 0 Å². The molecule has 1 spiro atoms. The van der Waals surface area contributed by atoms with Crippen molar-refractivity contribution in [2.75, 3.05) is 26.2 Å². The fourth-order valence-electron chi connectivity index (χ4n) is 4.50. The van der Waals surface area contributed by atoms with Crippen molar-refractivity contribution in [2.45, 2.75) is 64.5 Å². The van der Waals surface area contributed by atoms with E-state index < -0.39 is 0 Å². The summed E-state index contributed by atoms with van der Waals surface area (Å²) in [4.78, 5) is 2.60. The number of hydrogen-bond donors (Lipinski definition) is 0. The molecule has 0 radical (unpaired) electrons. The van der Waals surface area contributed by atoms with Crippen LogP contribution in [0.5, 0.6) is 11.5 Å². The van der Waals surface area contributed by atoms with Crippen LogP contribution in [-0.2, 0) is 12.1 Å². The lowest BCUT2D eigenvalue weighted by Gasteiger charge is -2.41. The van der Waals surface area contributed by atoms with Crippen LogP contribution >= 0.6 is 22.6 Å². The lowest BCUT2D eigenvalue weighted by Crippen LogP contribution is -2.46. The third kappa shape index (κ3) is 4.61. The molecular formula is C24H33IN2O2. The van der Waals surface area contributed by atoms with Crippen molar-refractivity contribution in [1.29, 1.82) is 0 Å². The van der Waals surface area contributed by atoms with Crippen LogP contribution in [0.3, 0.4) is 0 Å². The second-order valence-corrected chi connectivity index (χ2v) is 9.68. The predicted octanol–water partition coefficient (Wildman–Crippen LogP) is 5.80. The molecule has 1 aromatic carbocycles. The average molecular weight is 508 g/mol. The molecule has 0 bridgehead atoms. The first-order valence-electron chi connectivity index (χ1n) is 11.2. The van der Waals surface area contributed by atoms with Gasteiger partial charge in [-0.3, -0.25) is 0 Å². The Labute approximate surface area is 188 Å². The van der Waals surface area contributed by atoms with Gasteiger partial charge in [0.05, 0.1) is 18.8 Å². The molecule has 1 fully saturated rings. The van der Waals surface area contributed by atoms with Crippen molar-refractivity contribution in [3.63, 3.8) is 0 Å². The van der Waals surface area contributed by atoms with E-state index in [1.165, 1.54) is 34.2 Å². The van der Waals surface area contributed by atoms with E-state index >= 15 is 0 Å². The van der Waals surface area contributed by atoms with Crippen LogP contribution in [-0.4, -0.2) is 35.7 Å². The van der Waals surface area contributed by atoms with Crippen LogP contribution < -0.4 is 9.47 Å². The van der Waals surface area contributed by atoms with E-state index in [-0.39, 0.29) is 5.60 Å². The minimum absolute atomic E-state index is 0.237. The maximum atomic E-state index is 6.89. The third-order valence-electron chi connectivity index (χ3n) is 6.27. The van der Waals surface area contributed by atoms with Crippen molar-refractivity contribution in [3.05, 3.63) is 45.3 Å². The van der Waals surface area contributed by atoms with Gasteiger partial charge in [-0.25, -0.2) is 0 Å². The summed E-state index contributed by atoms with van der Waals surface area (Å²) < 4.78 is 16.6. The minimum atomic E-state index is -0.237. The van der Waals surface area contributed by atoms with E-state index in [0.29, 0.717) is 0 Å². The molecule has 3 heterocycles. The summed E-state index contributed by atoms with van der Waals surface area (Å²) in [5.41, 5.74) is 2.34. The first-order valence-corrected chi connectivity index (χ1v) is 12.2. The molecule has 158 valence electrons. The summed E-state index contributed by atoms with van der Waals surface area (Å²) in [5.74, 6) is 1.92. The van der Waals surface area contributed by atoms with Crippen LogP contribution in [0, 0.1) is 3.57 Å². The molecule has 0 atom stereocenters. The monoisotopic (exact) mass is 508 g/mol. The maximum Gasteiger partial charge on any atom is 0.151 e. The molecule has 29 heavy (non-hydrogen) atoms. The van der Waals surface area contributed by atoms with Gasteiger partial charge in [0, 0.05) is 47.3 Å². The Morgan fingerprint density at radius 3 is 2.66 bits per heavy atom. The predicted molar refractivity (Wildman–Crippen MR) is 126 cm³/mol. The average Bonchev–Trinajstić information content (AvgIpc) is 3.05. The number of ether oxygens (including phenoxy) is 2. The molecule has 0 saturated carbocycles. The summed E-state index contributed by atoms with van der Waals surface area (Å²) in [5, 5.41) is 0. The Morgan fingerprint density at radius 2 is 1.90 bits per heavy atom. The smallest absolute Gasteiger partial charge is 0.151 e.